The van der Waals surface area contributed by atoms with Crippen molar-refractivity contribution in [1.29, 1.82) is 0 Å². The Morgan fingerprint density at radius 3 is 2.46 bits per heavy atom. The highest BCUT2D eigenvalue weighted by molar-refractivity contribution is 5.98. The third-order valence-electron chi connectivity index (χ3n) is 3.76. The molecule has 0 bridgehead atoms. The van der Waals surface area contributed by atoms with Gasteiger partial charge in [0.15, 0.2) is 6.61 Å². The zero-order chi connectivity index (χ0) is 18.5. The lowest BCUT2D eigenvalue weighted by atomic mass is 10.2. The van der Waals surface area contributed by atoms with Crippen molar-refractivity contribution in [2.75, 3.05) is 11.9 Å². The van der Waals surface area contributed by atoms with E-state index in [2.05, 4.69) is 10.6 Å². The summed E-state index contributed by atoms with van der Waals surface area (Å²) >= 11 is 0. The van der Waals surface area contributed by atoms with Crippen LogP contribution in [-0.4, -0.2) is 35.5 Å². The summed E-state index contributed by atoms with van der Waals surface area (Å²) < 4.78 is 4.93. The fraction of sp³-hybridized carbons (Fsp3) is 0.211. The Kier molecular flexibility index (Phi) is 5.17. The second-order valence-corrected chi connectivity index (χ2v) is 6.00. The average Bonchev–Trinajstić information content (AvgIpc) is 3.44. The van der Waals surface area contributed by atoms with Crippen LogP contribution >= 0.6 is 0 Å². The number of aromatic hydroxyl groups is 1. The molecule has 0 atom stereocenters. The van der Waals surface area contributed by atoms with Crippen LogP contribution in [-0.2, 0) is 9.53 Å². The van der Waals surface area contributed by atoms with Gasteiger partial charge in [0.2, 0.25) is 0 Å². The highest BCUT2D eigenvalue weighted by Crippen LogP contribution is 2.20. The van der Waals surface area contributed by atoms with Crippen LogP contribution in [0.3, 0.4) is 0 Å². The third-order valence-corrected chi connectivity index (χ3v) is 3.76. The van der Waals surface area contributed by atoms with E-state index in [1.165, 1.54) is 24.3 Å². The van der Waals surface area contributed by atoms with Crippen molar-refractivity contribution < 1.29 is 24.2 Å². The number of anilines is 1. The van der Waals surface area contributed by atoms with Crippen molar-refractivity contribution >= 4 is 23.5 Å². The van der Waals surface area contributed by atoms with E-state index >= 15 is 0 Å². The number of hydrogen-bond donors (Lipinski definition) is 3. The van der Waals surface area contributed by atoms with E-state index in [1.807, 2.05) is 0 Å². The predicted octanol–water partition coefficient (Wildman–Crippen LogP) is 2.08. The second-order valence-electron chi connectivity index (χ2n) is 6.00. The Morgan fingerprint density at radius 2 is 1.77 bits per heavy atom. The molecule has 0 heterocycles. The molecule has 3 rings (SSSR count). The number of carbonyl (C=O) groups is 3. The highest BCUT2D eigenvalue weighted by Gasteiger charge is 2.23. The Labute approximate surface area is 150 Å². The van der Waals surface area contributed by atoms with E-state index in [0.29, 0.717) is 11.3 Å². The summed E-state index contributed by atoms with van der Waals surface area (Å²) in [5.41, 5.74) is 1.13. The van der Waals surface area contributed by atoms with Gasteiger partial charge in [-0.3, -0.25) is 9.59 Å². The molecule has 1 fully saturated rings. The average molecular weight is 354 g/mol. The number of amides is 2. The van der Waals surface area contributed by atoms with E-state index < -0.39 is 18.5 Å². The number of ether oxygens (including phenoxy) is 1. The van der Waals surface area contributed by atoms with Crippen LogP contribution in [0.15, 0.2) is 48.5 Å². The van der Waals surface area contributed by atoms with Gasteiger partial charge < -0.3 is 20.5 Å². The van der Waals surface area contributed by atoms with Crippen molar-refractivity contribution in [3.8, 4) is 5.75 Å². The largest absolute Gasteiger partial charge is 0.508 e. The maximum absolute atomic E-state index is 12.0. The van der Waals surface area contributed by atoms with E-state index in [1.54, 1.807) is 24.3 Å². The Morgan fingerprint density at radius 1 is 1.04 bits per heavy atom. The molecule has 0 unspecified atom stereocenters. The van der Waals surface area contributed by atoms with Gasteiger partial charge in [0.05, 0.1) is 5.56 Å². The minimum atomic E-state index is -0.669. The maximum Gasteiger partial charge on any atom is 0.338 e. The molecular weight excluding hydrogens is 336 g/mol. The quantitative estimate of drug-likeness (QED) is 0.689. The summed E-state index contributed by atoms with van der Waals surface area (Å²) in [4.78, 5) is 35.8. The summed E-state index contributed by atoms with van der Waals surface area (Å²) in [5, 5.41) is 14.6. The second kappa shape index (κ2) is 7.69. The molecule has 134 valence electrons. The monoisotopic (exact) mass is 354 g/mol. The zero-order valence-corrected chi connectivity index (χ0v) is 13.9. The SMILES string of the molecule is O=C(COC(=O)c1ccc(O)cc1)Nc1cccc(C(=O)NC2CC2)c1. The number of benzene rings is 2. The molecule has 3 N–H and O–H groups in total. The van der Waals surface area contributed by atoms with Crippen molar-refractivity contribution in [1.82, 2.24) is 5.32 Å². The first-order valence-corrected chi connectivity index (χ1v) is 8.18. The molecule has 0 radical (unpaired) electrons. The molecule has 26 heavy (non-hydrogen) atoms. The first-order valence-electron chi connectivity index (χ1n) is 8.18. The van der Waals surface area contributed by atoms with Gasteiger partial charge in [-0.15, -0.1) is 0 Å². The molecule has 7 nitrogen and oxygen atoms in total. The van der Waals surface area contributed by atoms with E-state index in [0.717, 1.165) is 12.8 Å². The zero-order valence-electron chi connectivity index (χ0n) is 13.9. The fourth-order valence-corrected chi connectivity index (χ4v) is 2.24. The van der Waals surface area contributed by atoms with Gasteiger partial charge in [0.1, 0.15) is 5.75 Å². The number of phenolic OH excluding ortho intramolecular Hbond substituents is 1. The van der Waals surface area contributed by atoms with Gasteiger partial charge in [-0.1, -0.05) is 6.07 Å². The van der Waals surface area contributed by atoms with Gasteiger partial charge in [0.25, 0.3) is 11.8 Å². The van der Waals surface area contributed by atoms with Crippen molar-refractivity contribution in [3.63, 3.8) is 0 Å². The topological polar surface area (TPSA) is 105 Å². The highest BCUT2D eigenvalue weighted by atomic mass is 16.5. The summed E-state index contributed by atoms with van der Waals surface area (Å²) in [7, 11) is 0. The molecule has 0 saturated heterocycles. The Balaban J connectivity index is 1.52. The number of phenols is 1. The minimum absolute atomic E-state index is 0.0323. The normalized spacial score (nSPS) is 12.9. The number of carbonyl (C=O) groups excluding carboxylic acids is 3. The Bertz CT molecular complexity index is 828. The molecule has 7 heteroatoms. The first-order chi connectivity index (χ1) is 12.5. The third kappa shape index (κ3) is 4.83. The first kappa shape index (κ1) is 17.5. The van der Waals surface area contributed by atoms with Gasteiger partial charge in [-0.25, -0.2) is 4.79 Å². The van der Waals surface area contributed by atoms with Crippen molar-refractivity contribution in [2.45, 2.75) is 18.9 Å². The fourth-order valence-electron chi connectivity index (χ4n) is 2.24. The smallest absolute Gasteiger partial charge is 0.338 e. The lowest BCUT2D eigenvalue weighted by Gasteiger charge is -2.08. The number of nitrogens with one attached hydrogen (secondary N) is 2. The van der Waals surface area contributed by atoms with Crippen LogP contribution in [0.2, 0.25) is 0 Å². The molecular formula is C19H18N2O5. The van der Waals surface area contributed by atoms with Crippen LogP contribution in [0.5, 0.6) is 5.75 Å². The molecule has 0 aliphatic heterocycles. The molecule has 1 aliphatic rings. The van der Waals surface area contributed by atoms with E-state index in [9.17, 15) is 19.5 Å². The molecule has 2 aromatic rings. The van der Waals surface area contributed by atoms with Crippen LogP contribution in [0.25, 0.3) is 0 Å². The van der Waals surface area contributed by atoms with Crippen molar-refractivity contribution in [2.24, 2.45) is 0 Å². The van der Waals surface area contributed by atoms with Crippen LogP contribution in [0.1, 0.15) is 33.6 Å². The van der Waals surface area contributed by atoms with Crippen LogP contribution < -0.4 is 10.6 Å². The molecule has 2 amide bonds. The van der Waals surface area contributed by atoms with Crippen molar-refractivity contribution in [3.05, 3.63) is 59.7 Å². The predicted molar refractivity (Wildman–Crippen MR) is 93.9 cm³/mol. The standard InChI is InChI=1S/C19H18N2O5/c22-16-8-4-12(5-9-16)19(25)26-11-17(23)20-15-3-1-2-13(10-15)18(24)21-14-6-7-14/h1-5,8-10,14,22H,6-7,11H2,(H,20,23)(H,21,24). The molecule has 1 saturated carbocycles. The lowest BCUT2D eigenvalue weighted by Crippen LogP contribution is -2.25. The van der Waals surface area contributed by atoms with Gasteiger partial charge in [-0.2, -0.15) is 0 Å². The molecule has 1 aliphatic carbocycles. The number of hydrogen-bond acceptors (Lipinski definition) is 5. The molecule has 2 aromatic carbocycles. The minimum Gasteiger partial charge on any atom is -0.508 e. The molecule has 0 spiro atoms. The van der Waals surface area contributed by atoms with Crippen LogP contribution in [0.4, 0.5) is 5.69 Å². The van der Waals surface area contributed by atoms with E-state index in [-0.39, 0.29) is 23.3 Å². The van der Waals surface area contributed by atoms with Gasteiger partial charge in [-0.05, 0) is 55.3 Å². The van der Waals surface area contributed by atoms with E-state index in [4.69, 9.17) is 4.74 Å². The van der Waals surface area contributed by atoms with Crippen LogP contribution in [0, 0.1) is 0 Å². The van der Waals surface area contributed by atoms with Gasteiger partial charge >= 0.3 is 5.97 Å². The number of esters is 1. The van der Waals surface area contributed by atoms with Gasteiger partial charge in [0, 0.05) is 17.3 Å². The summed E-state index contributed by atoms with van der Waals surface area (Å²) in [6, 6.07) is 12.3. The summed E-state index contributed by atoms with van der Waals surface area (Å²) in [5.74, 6) is -1.33. The summed E-state index contributed by atoms with van der Waals surface area (Å²) in [6.45, 7) is -0.460. The summed E-state index contributed by atoms with van der Waals surface area (Å²) in [6.07, 6.45) is 1.99. The molecule has 0 aromatic heterocycles. The Hall–Kier alpha value is -3.35. The maximum atomic E-state index is 12.0. The lowest BCUT2D eigenvalue weighted by molar-refractivity contribution is -0.119. The number of rotatable bonds is 6.